The van der Waals surface area contributed by atoms with E-state index in [1.54, 1.807) is 0 Å². The fourth-order valence-corrected chi connectivity index (χ4v) is 3.12. The number of ether oxygens (including phenoxy) is 2. The number of hydrogen-bond acceptors (Lipinski definition) is 11. The lowest BCUT2D eigenvalue weighted by atomic mass is 10.1. The molecule has 1 saturated heterocycles. The molecule has 3 heterocycles. The average molecular weight is 403 g/mol. The van der Waals surface area contributed by atoms with Crippen molar-refractivity contribution in [1.29, 1.82) is 0 Å². The fourth-order valence-electron chi connectivity index (χ4n) is 2.68. The molecule has 4 N–H and O–H groups in total. The lowest BCUT2D eigenvalue weighted by Crippen LogP contribution is -2.36. The number of aliphatic hydroxyl groups excluding tert-OH is 1. The second-order valence-corrected chi connectivity index (χ2v) is 7.22. The lowest BCUT2D eigenvalue weighted by Gasteiger charge is -2.21. The van der Waals surface area contributed by atoms with Crippen LogP contribution in [0.1, 0.15) is 13.2 Å². The van der Waals surface area contributed by atoms with Crippen molar-refractivity contribution in [2.24, 2.45) is 0 Å². The Labute approximate surface area is 152 Å². The van der Waals surface area contributed by atoms with Crippen LogP contribution in [0.25, 0.3) is 11.2 Å². The quantitative estimate of drug-likeness (QED) is 0.410. The molecule has 1 aliphatic heterocycles. The Morgan fingerprint density at radius 1 is 1.44 bits per heavy atom. The van der Waals surface area contributed by atoms with Gasteiger partial charge in [0, 0.05) is 14.0 Å². The number of carbonyl (C=O) groups excluding carboxylic acids is 1. The topological polar surface area (TPSA) is 181 Å². The van der Waals surface area contributed by atoms with Gasteiger partial charge in [-0.15, -0.1) is 0 Å². The molecule has 0 amide bonds. The Kier molecular flexibility index (Phi) is 5.42. The zero-order valence-corrected chi connectivity index (χ0v) is 15.2. The number of rotatable bonds is 6. The molecule has 0 radical (unpaired) electrons. The number of hydrogen-bond donors (Lipinski definition) is 3. The first-order chi connectivity index (χ1) is 12.7. The van der Waals surface area contributed by atoms with Gasteiger partial charge in [-0.3, -0.25) is 18.4 Å². The van der Waals surface area contributed by atoms with Crippen LogP contribution in [0.5, 0.6) is 0 Å². The van der Waals surface area contributed by atoms with Gasteiger partial charge < -0.3 is 25.2 Å². The van der Waals surface area contributed by atoms with Gasteiger partial charge >= 0.3 is 13.8 Å². The number of nitrogens with two attached hydrogens (primary N) is 1. The van der Waals surface area contributed by atoms with Gasteiger partial charge in [-0.25, -0.2) is 19.5 Å². The molecule has 2 unspecified atom stereocenters. The van der Waals surface area contributed by atoms with Crippen LogP contribution >= 0.6 is 7.82 Å². The molecule has 0 spiro atoms. The van der Waals surface area contributed by atoms with Crippen LogP contribution in [0.3, 0.4) is 0 Å². The molecule has 14 heteroatoms. The van der Waals surface area contributed by atoms with Crippen molar-refractivity contribution in [2.45, 2.75) is 31.5 Å². The minimum Gasteiger partial charge on any atom is -0.455 e. The van der Waals surface area contributed by atoms with E-state index in [9.17, 15) is 19.4 Å². The van der Waals surface area contributed by atoms with Crippen LogP contribution in [0.2, 0.25) is 0 Å². The number of esters is 1. The summed E-state index contributed by atoms with van der Waals surface area (Å²) < 4.78 is 32.8. The minimum absolute atomic E-state index is 0.141. The van der Waals surface area contributed by atoms with Crippen LogP contribution in [-0.2, 0) is 27.9 Å². The van der Waals surface area contributed by atoms with E-state index in [0.29, 0.717) is 11.2 Å². The SMILES string of the molecule is COP(=O)(O)OC[C@H]1O[C@@H](n2cnc3c(N)ncnc32)C(OC(C)=O)[C@H]1O. The number of nitrogen functional groups attached to an aromatic ring is 1. The van der Waals surface area contributed by atoms with Gasteiger partial charge in [0.05, 0.1) is 12.9 Å². The van der Waals surface area contributed by atoms with Crippen molar-refractivity contribution in [1.82, 2.24) is 19.5 Å². The monoisotopic (exact) mass is 403 g/mol. The molecule has 0 aromatic carbocycles. The number of fused-ring (bicyclic) bond motifs is 1. The molecular formula is C13H18N5O8P. The highest BCUT2D eigenvalue weighted by atomic mass is 31.2. The second-order valence-electron chi connectivity index (χ2n) is 5.66. The van der Waals surface area contributed by atoms with Crippen molar-refractivity contribution < 1.29 is 37.9 Å². The maximum Gasteiger partial charge on any atom is 0.472 e. The van der Waals surface area contributed by atoms with E-state index in [2.05, 4.69) is 19.5 Å². The highest BCUT2D eigenvalue weighted by Gasteiger charge is 2.48. The van der Waals surface area contributed by atoms with Crippen LogP contribution in [0, 0.1) is 0 Å². The van der Waals surface area contributed by atoms with Crippen molar-refractivity contribution in [2.75, 3.05) is 19.5 Å². The largest absolute Gasteiger partial charge is 0.472 e. The Morgan fingerprint density at radius 3 is 2.85 bits per heavy atom. The Hall–Kier alpha value is -2.15. The van der Waals surface area contributed by atoms with Gasteiger partial charge in [0.1, 0.15) is 24.1 Å². The molecule has 148 valence electrons. The van der Waals surface area contributed by atoms with Gasteiger partial charge in [-0.05, 0) is 0 Å². The summed E-state index contributed by atoms with van der Waals surface area (Å²) in [5.74, 6) is -0.514. The highest BCUT2D eigenvalue weighted by Crippen LogP contribution is 2.43. The smallest absolute Gasteiger partial charge is 0.455 e. The summed E-state index contributed by atoms with van der Waals surface area (Å²) in [5.41, 5.74) is 6.35. The zero-order chi connectivity index (χ0) is 19.8. The second kappa shape index (κ2) is 7.46. The number of phosphoric ester groups is 1. The summed E-state index contributed by atoms with van der Waals surface area (Å²) in [6.45, 7) is 0.688. The van der Waals surface area contributed by atoms with Crippen molar-refractivity contribution in [3.8, 4) is 0 Å². The summed E-state index contributed by atoms with van der Waals surface area (Å²) in [4.78, 5) is 32.8. The average Bonchev–Trinajstić information content (AvgIpc) is 3.16. The Bertz CT molecular complexity index is 891. The van der Waals surface area contributed by atoms with E-state index in [0.717, 1.165) is 7.11 Å². The summed E-state index contributed by atoms with van der Waals surface area (Å²) >= 11 is 0. The number of carbonyl (C=O) groups is 1. The summed E-state index contributed by atoms with van der Waals surface area (Å²) in [5, 5.41) is 10.5. The van der Waals surface area contributed by atoms with E-state index >= 15 is 0 Å². The Balaban J connectivity index is 1.90. The van der Waals surface area contributed by atoms with Crippen LogP contribution in [0.4, 0.5) is 5.82 Å². The van der Waals surface area contributed by atoms with Gasteiger partial charge in [-0.1, -0.05) is 0 Å². The first-order valence-corrected chi connectivity index (χ1v) is 9.20. The molecule has 13 nitrogen and oxygen atoms in total. The highest BCUT2D eigenvalue weighted by molar-refractivity contribution is 7.47. The molecule has 2 aromatic rings. The first kappa shape index (κ1) is 19.6. The molecule has 2 aromatic heterocycles. The van der Waals surface area contributed by atoms with Crippen LogP contribution in [-0.4, -0.2) is 67.5 Å². The van der Waals surface area contributed by atoms with E-state index in [4.69, 9.17) is 19.7 Å². The van der Waals surface area contributed by atoms with E-state index in [1.165, 1.54) is 24.1 Å². The van der Waals surface area contributed by atoms with Crippen molar-refractivity contribution in [3.05, 3.63) is 12.7 Å². The molecule has 27 heavy (non-hydrogen) atoms. The number of aliphatic hydroxyl groups is 1. The van der Waals surface area contributed by atoms with Crippen LogP contribution < -0.4 is 5.73 Å². The van der Waals surface area contributed by atoms with Gasteiger partial charge in [-0.2, -0.15) is 0 Å². The zero-order valence-electron chi connectivity index (χ0n) is 14.3. The number of phosphoric acid groups is 1. The molecule has 0 bridgehead atoms. The maximum absolute atomic E-state index is 11.5. The summed E-state index contributed by atoms with van der Waals surface area (Å²) in [7, 11) is -3.28. The molecule has 1 fully saturated rings. The molecule has 0 aliphatic carbocycles. The predicted molar refractivity (Wildman–Crippen MR) is 88.0 cm³/mol. The molecule has 3 rings (SSSR count). The summed E-state index contributed by atoms with van der Waals surface area (Å²) in [6.07, 6.45) is -2.05. The van der Waals surface area contributed by atoms with Gasteiger partial charge in [0.2, 0.25) is 0 Å². The van der Waals surface area contributed by atoms with Gasteiger partial charge in [0.15, 0.2) is 23.8 Å². The predicted octanol–water partition coefficient (Wildman–Crippen LogP) is -0.638. The minimum atomic E-state index is -4.28. The fraction of sp³-hybridized carbons (Fsp3) is 0.538. The van der Waals surface area contributed by atoms with Crippen molar-refractivity contribution >= 4 is 30.8 Å². The third kappa shape index (κ3) is 3.93. The standard InChI is InChI=1S/C13H18N5O8P/c1-6(19)25-10-9(20)7(3-24-27(21,22)23-2)26-13(10)18-5-17-8-11(14)15-4-16-12(8)18/h4-5,7,9-10,13,20H,3H2,1-2H3,(H,21,22)(H2,14,15,16)/t7-,9+,10?,13-/m1/s1. The molecular weight excluding hydrogens is 385 g/mol. The molecule has 0 saturated carbocycles. The maximum atomic E-state index is 11.5. The Morgan fingerprint density at radius 2 is 2.19 bits per heavy atom. The molecule has 1 aliphatic rings. The van der Waals surface area contributed by atoms with E-state index < -0.39 is 44.9 Å². The lowest BCUT2D eigenvalue weighted by molar-refractivity contribution is -0.155. The third-order valence-corrected chi connectivity index (χ3v) is 4.85. The number of aromatic nitrogens is 4. The van der Waals surface area contributed by atoms with E-state index in [1.807, 2.05) is 0 Å². The first-order valence-electron chi connectivity index (χ1n) is 7.70. The van der Waals surface area contributed by atoms with Gasteiger partial charge in [0.25, 0.3) is 0 Å². The van der Waals surface area contributed by atoms with E-state index in [-0.39, 0.29) is 5.82 Å². The number of anilines is 1. The van der Waals surface area contributed by atoms with Crippen LogP contribution in [0.15, 0.2) is 12.7 Å². The molecule has 5 atom stereocenters. The third-order valence-electron chi connectivity index (χ3n) is 3.91. The summed E-state index contributed by atoms with van der Waals surface area (Å²) in [6, 6.07) is 0. The number of nitrogens with zero attached hydrogens (tertiary/aromatic N) is 4. The van der Waals surface area contributed by atoms with Crippen molar-refractivity contribution in [3.63, 3.8) is 0 Å². The number of imidazole rings is 1. The normalized spacial score (nSPS) is 27.6.